The largest absolute Gasteiger partial charge is 0.390 e. The van der Waals surface area contributed by atoms with Gasteiger partial charge in [-0.2, -0.15) is 0 Å². The van der Waals surface area contributed by atoms with Gasteiger partial charge in [0.15, 0.2) is 0 Å². The summed E-state index contributed by atoms with van der Waals surface area (Å²) in [6.45, 7) is 2.01. The Morgan fingerprint density at radius 2 is 2.23 bits per heavy atom. The number of benzene rings is 1. The molecule has 2 nitrogen and oxygen atoms in total. The average molecular weight is 196 g/mol. The van der Waals surface area contributed by atoms with E-state index in [1.807, 2.05) is 25.1 Å². The summed E-state index contributed by atoms with van der Waals surface area (Å²) in [4.78, 5) is 3.10. The van der Waals surface area contributed by atoms with Crippen LogP contribution in [0.2, 0.25) is 5.02 Å². The lowest BCUT2D eigenvalue weighted by molar-refractivity contribution is 0.278. The van der Waals surface area contributed by atoms with Crippen molar-refractivity contribution in [3.05, 3.63) is 34.5 Å². The lowest BCUT2D eigenvalue weighted by Crippen LogP contribution is -1.78. The Labute approximate surface area is 81.1 Å². The van der Waals surface area contributed by atoms with Crippen LogP contribution in [-0.4, -0.2) is 10.1 Å². The molecule has 2 rings (SSSR count). The van der Waals surface area contributed by atoms with Crippen LogP contribution in [0, 0.1) is 6.92 Å². The van der Waals surface area contributed by atoms with E-state index in [0.29, 0.717) is 0 Å². The van der Waals surface area contributed by atoms with E-state index in [9.17, 15) is 0 Å². The Hall–Kier alpha value is -0.990. The number of aliphatic hydroxyl groups is 1. The van der Waals surface area contributed by atoms with E-state index < -0.39 is 0 Å². The number of hydrogen-bond acceptors (Lipinski definition) is 1. The molecule has 0 spiro atoms. The minimum atomic E-state index is 0.0335. The van der Waals surface area contributed by atoms with E-state index in [1.165, 1.54) is 0 Å². The second kappa shape index (κ2) is 3.05. The normalized spacial score (nSPS) is 11.0. The molecule has 1 aromatic heterocycles. The minimum Gasteiger partial charge on any atom is -0.390 e. The maximum Gasteiger partial charge on any atom is 0.0831 e. The number of aryl methyl sites for hydroxylation is 1. The van der Waals surface area contributed by atoms with E-state index in [2.05, 4.69) is 4.98 Å². The summed E-state index contributed by atoms with van der Waals surface area (Å²) >= 11 is 5.96. The van der Waals surface area contributed by atoms with E-state index in [4.69, 9.17) is 16.7 Å². The summed E-state index contributed by atoms with van der Waals surface area (Å²) in [5.74, 6) is 0. The van der Waals surface area contributed by atoms with Gasteiger partial charge in [-0.05, 0) is 30.7 Å². The first kappa shape index (κ1) is 8.60. The predicted molar refractivity (Wildman–Crippen MR) is 54.0 cm³/mol. The first-order chi connectivity index (χ1) is 6.22. The zero-order valence-electron chi connectivity index (χ0n) is 7.26. The molecule has 0 fully saturated rings. The molecule has 68 valence electrons. The highest BCUT2D eigenvalue weighted by Gasteiger charge is 2.04. The third-order valence-corrected chi connectivity index (χ3v) is 2.64. The van der Waals surface area contributed by atoms with Gasteiger partial charge in [-0.15, -0.1) is 0 Å². The van der Waals surface area contributed by atoms with Crippen molar-refractivity contribution >= 4 is 22.5 Å². The fourth-order valence-corrected chi connectivity index (χ4v) is 1.63. The highest BCUT2D eigenvalue weighted by molar-refractivity contribution is 6.32. The number of fused-ring (bicyclic) bond motifs is 1. The topological polar surface area (TPSA) is 36.0 Å². The van der Waals surface area contributed by atoms with Crippen molar-refractivity contribution in [2.24, 2.45) is 0 Å². The first-order valence-electron chi connectivity index (χ1n) is 4.10. The molecule has 0 unspecified atom stereocenters. The smallest absolute Gasteiger partial charge is 0.0831 e. The summed E-state index contributed by atoms with van der Waals surface area (Å²) in [6, 6.07) is 5.71. The molecule has 3 heteroatoms. The van der Waals surface area contributed by atoms with Crippen LogP contribution in [0.3, 0.4) is 0 Å². The molecule has 0 amide bonds. The van der Waals surface area contributed by atoms with Gasteiger partial charge in [0, 0.05) is 21.6 Å². The zero-order valence-corrected chi connectivity index (χ0v) is 8.02. The maximum atomic E-state index is 8.93. The summed E-state index contributed by atoms with van der Waals surface area (Å²) in [5.41, 5.74) is 2.89. The van der Waals surface area contributed by atoms with Crippen LogP contribution >= 0.6 is 11.6 Å². The first-order valence-corrected chi connectivity index (χ1v) is 4.47. The van der Waals surface area contributed by atoms with Crippen LogP contribution in [0.25, 0.3) is 10.9 Å². The molecule has 0 aliphatic carbocycles. The van der Waals surface area contributed by atoms with Gasteiger partial charge in [0.05, 0.1) is 6.61 Å². The quantitative estimate of drug-likeness (QED) is 0.721. The lowest BCUT2D eigenvalue weighted by Gasteiger charge is -1.97. The minimum absolute atomic E-state index is 0.0335. The van der Waals surface area contributed by atoms with E-state index in [0.717, 1.165) is 27.2 Å². The Balaban J connectivity index is 2.76. The van der Waals surface area contributed by atoms with Gasteiger partial charge in [0.25, 0.3) is 0 Å². The second-order valence-electron chi connectivity index (χ2n) is 3.09. The van der Waals surface area contributed by atoms with E-state index >= 15 is 0 Å². The van der Waals surface area contributed by atoms with Crippen molar-refractivity contribution in [3.63, 3.8) is 0 Å². The number of aromatic amines is 1. The number of rotatable bonds is 1. The van der Waals surface area contributed by atoms with Gasteiger partial charge < -0.3 is 10.1 Å². The SMILES string of the molecule is Cc1c(Cl)ccc2[nH]c(CO)cc12. The van der Waals surface area contributed by atoms with Crippen molar-refractivity contribution in [2.45, 2.75) is 13.5 Å². The van der Waals surface area contributed by atoms with Gasteiger partial charge in [0.2, 0.25) is 0 Å². The summed E-state index contributed by atoms with van der Waals surface area (Å²) in [7, 11) is 0. The molecule has 0 saturated heterocycles. The Kier molecular flexibility index (Phi) is 2.02. The van der Waals surface area contributed by atoms with E-state index in [-0.39, 0.29) is 6.61 Å². The molecule has 1 aromatic carbocycles. The van der Waals surface area contributed by atoms with Crippen molar-refractivity contribution in [1.82, 2.24) is 4.98 Å². The third kappa shape index (κ3) is 1.32. The molecule has 13 heavy (non-hydrogen) atoms. The molecule has 0 aliphatic heterocycles. The highest BCUT2D eigenvalue weighted by atomic mass is 35.5. The Morgan fingerprint density at radius 3 is 2.92 bits per heavy atom. The molecule has 2 N–H and O–H groups in total. The van der Waals surface area contributed by atoms with Gasteiger partial charge in [0.1, 0.15) is 0 Å². The van der Waals surface area contributed by atoms with Crippen LogP contribution in [0.5, 0.6) is 0 Å². The van der Waals surface area contributed by atoms with Crippen molar-refractivity contribution in [3.8, 4) is 0 Å². The van der Waals surface area contributed by atoms with Gasteiger partial charge in [-0.3, -0.25) is 0 Å². The monoisotopic (exact) mass is 195 g/mol. The highest BCUT2D eigenvalue weighted by Crippen LogP contribution is 2.25. The number of halogens is 1. The van der Waals surface area contributed by atoms with Gasteiger partial charge >= 0.3 is 0 Å². The summed E-state index contributed by atoms with van der Waals surface area (Å²) in [5, 5.41) is 10.8. The van der Waals surface area contributed by atoms with Crippen molar-refractivity contribution in [1.29, 1.82) is 0 Å². The van der Waals surface area contributed by atoms with Crippen LogP contribution in [0.15, 0.2) is 18.2 Å². The standard InChI is InChI=1S/C10H10ClNO/c1-6-8-4-7(5-13)12-10(8)3-2-9(6)11/h2-4,12-13H,5H2,1H3. The molecular weight excluding hydrogens is 186 g/mol. The number of aliphatic hydroxyl groups excluding tert-OH is 1. The summed E-state index contributed by atoms with van der Waals surface area (Å²) in [6.07, 6.45) is 0. The van der Waals surface area contributed by atoms with Gasteiger partial charge in [-0.25, -0.2) is 0 Å². The fraction of sp³-hybridized carbons (Fsp3) is 0.200. The zero-order chi connectivity index (χ0) is 9.42. The van der Waals surface area contributed by atoms with E-state index in [1.54, 1.807) is 0 Å². The molecule has 0 atom stereocenters. The van der Waals surface area contributed by atoms with Crippen molar-refractivity contribution in [2.75, 3.05) is 0 Å². The number of hydrogen-bond donors (Lipinski definition) is 2. The molecule has 2 aromatic rings. The number of aromatic nitrogens is 1. The molecule has 0 radical (unpaired) electrons. The predicted octanol–water partition coefficient (Wildman–Crippen LogP) is 2.62. The fourth-order valence-electron chi connectivity index (χ4n) is 1.47. The molecule has 1 heterocycles. The maximum absolute atomic E-state index is 8.93. The molecular formula is C10H10ClNO. The Morgan fingerprint density at radius 1 is 1.46 bits per heavy atom. The van der Waals surface area contributed by atoms with Crippen LogP contribution in [-0.2, 0) is 6.61 Å². The van der Waals surface area contributed by atoms with Gasteiger partial charge in [-0.1, -0.05) is 11.6 Å². The van der Waals surface area contributed by atoms with Crippen LogP contribution < -0.4 is 0 Å². The summed E-state index contributed by atoms with van der Waals surface area (Å²) < 4.78 is 0. The third-order valence-electron chi connectivity index (χ3n) is 2.23. The van der Waals surface area contributed by atoms with Crippen LogP contribution in [0.1, 0.15) is 11.3 Å². The number of nitrogens with one attached hydrogen (secondary N) is 1. The number of H-pyrrole nitrogens is 1. The Bertz CT molecular complexity index is 447. The second-order valence-corrected chi connectivity index (χ2v) is 3.49. The molecule has 0 bridgehead atoms. The molecule has 0 aliphatic rings. The lowest BCUT2D eigenvalue weighted by atomic mass is 10.1. The molecule has 0 saturated carbocycles. The van der Waals surface area contributed by atoms with Crippen LogP contribution in [0.4, 0.5) is 0 Å². The van der Waals surface area contributed by atoms with Crippen molar-refractivity contribution < 1.29 is 5.11 Å². The average Bonchev–Trinajstić information content (AvgIpc) is 2.55.